The number of rotatable bonds is 54. The fraction of sp³-hybridized carbons (Fsp3) is 0.852. The summed E-state index contributed by atoms with van der Waals surface area (Å²) in [5.74, 6) is -0.881. The van der Waals surface area contributed by atoms with Crippen molar-refractivity contribution in [1.29, 1.82) is 0 Å². The molecule has 6 nitrogen and oxygen atoms in total. The largest absolute Gasteiger partial charge is 0.462 e. The Hall–Kier alpha value is -2.37. The van der Waals surface area contributed by atoms with Crippen molar-refractivity contribution in [2.75, 3.05) is 13.2 Å². The van der Waals surface area contributed by atoms with Gasteiger partial charge in [0.05, 0.1) is 0 Å². The van der Waals surface area contributed by atoms with Crippen LogP contribution in [0, 0.1) is 0 Å². The maximum absolute atomic E-state index is 12.9. The zero-order valence-corrected chi connectivity index (χ0v) is 44.9. The number of allylic oxidation sites excluding steroid dienone is 6. The Bertz CT molecular complexity index is 1130. The molecular weight excluding hydrogens is 829 g/mol. The van der Waals surface area contributed by atoms with Crippen molar-refractivity contribution in [1.82, 2.24) is 0 Å². The standard InChI is InChI=1S/C61H112O6/c1-4-7-10-13-16-19-22-25-28-30-31-34-36-39-42-45-48-51-54-60(63)66-57-58(56-65-59(62)53-50-47-44-41-38-35-32-27-24-21-18-15-12-9-6-3)67-61(64)55-52-49-46-43-40-37-33-29-26-23-20-17-14-11-8-5-2/h20,23,27,29,32-33,58H,4-19,21-22,24-26,28,30-31,34-57H2,1-3H3/b23-20-,32-27-,33-29-. The van der Waals surface area contributed by atoms with Crippen LogP contribution in [0.3, 0.4) is 0 Å². The fourth-order valence-corrected chi connectivity index (χ4v) is 8.65. The van der Waals surface area contributed by atoms with E-state index in [2.05, 4.69) is 57.2 Å². The summed E-state index contributed by atoms with van der Waals surface area (Å²) >= 11 is 0. The second-order valence-corrected chi connectivity index (χ2v) is 19.9. The minimum atomic E-state index is -0.780. The van der Waals surface area contributed by atoms with Gasteiger partial charge in [0.25, 0.3) is 0 Å². The zero-order chi connectivity index (χ0) is 48.6. The van der Waals surface area contributed by atoms with Gasteiger partial charge in [-0.15, -0.1) is 0 Å². The molecular formula is C61H112O6. The van der Waals surface area contributed by atoms with Gasteiger partial charge in [0.15, 0.2) is 6.10 Å². The first-order valence-electron chi connectivity index (χ1n) is 29.5. The van der Waals surface area contributed by atoms with Crippen molar-refractivity contribution < 1.29 is 28.6 Å². The summed E-state index contributed by atoms with van der Waals surface area (Å²) in [4.78, 5) is 38.2. The van der Waals surface area contributed by atoms with Crippen molar-refractivity contribution in [3.63, 3.8) is 0 Å². The van der Waals surface area contributed by atoms with E-state index in [1.54, 1.807) is 0 Å². The molecule has 0 aromatic carbocycles. The normalized spacial score (nSPS) is 12.2. The summed E-state index contributed by atoms with van der Waals surface area (Å²) < 4.78 is 16.9. The number of unbranched alkanes of at least 4 members (excludes halogenated alkanes) is 37. The molecule has 0 rings (SSSR count). The van der Waals surface area contributed by atoms with E-state index in [-0.39, 0.29) is 31.1 Å². The van der Waals surface area contributed by atoms with Gasteiger partial charge in [0.2, 0.25) is 0 Å². The number of esters is 3. The SMILES string of the molecule is CCCCCC/C=C\C/C=C\CCCCCCCC(=O)OC(COC(=O)CCCCCCC/C=C\CCCCCCCC)COC(=O)CCCCCCCCCCCCCCCCCCCC. The predicted molar refractivity (Wildman–Crippen MR) is 289 cm³/mol. The number of carbonyl (C=O) groups excluding carboxylic acids is 3. The number of hydrogen-bond donors (Lipinski definition) is 0. The smallest absolute Gasteiger partial charge is 0.306 e. The second kappa shape index (κ2) is 56.2. The maximum atomic E-state index is 12.9. The van der Waals surface area contributed by atoms with Gasteiger partial charge < -0.3 is 14.2 Å². The lowest BCUT2D eigenvalue weighted by atomic mass is 10.0. The number of hydrogen-bond acceptors (Lipinski definition) is 6. The van der Waals surface area contributed by atoms with E-state index in [0.29, 0.717) is 19.3 Å². The molecule has 0 fully saturated rings. The molecule has 0 aromatic rings. The molecule has 0 heterocycles. The van der Waals surface area contributed by atoms with Crippen LogP contribution in [0.4, 0.5) is 0 Å². The average molecular weight is 942 g/mol. The Balaban J connectivity index is 4.36. The first-order valence-corrected chi connectivity index (χ1v) is 29.5. The molecule has 0 amide bonds. The van der Waals surface area contributed by atoms with Gasteiger partial charge in [-0.05, 0) is 77.0 Å². The van der Waals surface area contributed by atoms with E-state index in [9.17, 15) is 14.4 Å². The van der Waals surface area contributed by atoms with E-state index in [1.807, 2.05) is 0 Å². The van der Waals surface area contributed by atoms with Crippen LogP contribution < -0.4 is 0 Å². The van der Waals surface area contributed by atoms with Crippen LogP contribution >= 0.6 is 0 Å². The zero-order valence-electron chi connectivity index (χ0n) is 44.9. The molecule has 392 valence electrons. The van der Waals surface area contributed by atoms with Crippen molar-refractivity contribution in [2.45, 2.75) is 322 Å². The van der Waals surface area contributed by atoms with Crippen LogP contribution in [0.15, 0.2) is 36.5 Å². The molecule has 0 saturated heterocycles. The highest BCUT2D eigenvalue weighted by Crippen LogP contribution is 2.16. The molecule has 0 spiro atoms. The lowest BCUT2D eigenvalue weighted by Gasteiger charge is -2.18. The maximum Gasteiger partial charge on any atom is 0.306 e. The quantitative estimate of drug-likeness (QED) is 0.0262. The third kappa shape index (κ3) is 54.4. The van der Waals surface area contributed by atoms with Gasteiger partial charge in [0.1, 0.15) is 13.2 Å². The lowest BCUT2D eigenvalue weighted by molar-refractivity contribution is -0.167. The highest BCUT2D eigenvalue weighted by molar-refractivity contribution is 5.71. The third-order valence-corrected chi connectivity index (χ3v) is 13.1. The molecule has 0 saturated carbocycles. The fourth-order valence-electron chi connectivity index (χ4n) is 8.65. The van der Waals surface area contributed by atoms with Crippen LogP contribution in [0.1, 0.15) is 316 Å². The molecule has 6 heteroatoms. The van der Waals surface area contributed by atoms with Gasteiger partial charge in [-0.2, -0.15) is 0 Å². The van der Waals surface area contributed by atoms with E-state index >= 15 is 0 Å². The average Bonchev–Trinajstić information content (AvgIpc) is 3.33. The molecule has 0 aliphatic carbocycles. The van der Waals surface area contributed by atoms with Gasteiger partial charge in [0, 0.05) is 19.3 Å². The molecule has 0 aromatic heterocycles. The summed E-state index contributed by atoms with van der Waals surface area (Å²) in [7, 11) is 0. The molecule has 0 aliphatic heterocycles. The van der Waals surface area contributed by atoms with Crippen LogP contribution in [0.25, 0.3) is 0 Å². The summed E-state index contributed by atoms with van der Waals surface area (Å²) in [6.07, 6.45) is 67.0. The monoisotopic (exact) mass is 941 g/mol. The Morgan fingerprint density at radius 3 is 0.851 bits per heavy atom. The van der Waals surface area contributed by atoms with Crippen molar-refractivity contribution in [2.24, 2.45) is 0 Å². The van der Waals surface area contributed by atoms with Gasteiger partial charge in [-0.25, -0.2) is 0 Å². The number of ether oxygens (including phenoxy) is 3. The lowest BCUT2D eigenvalue weighted by Crippen LogP contribution is -2.30. The minimum Gasteiger partial charge on any atom is -0.462 e. The topological polar surface area (TPSA) is 78.9 Å². The Morgan fingerprint density at radius 1 is 0.299 bits per heavy atom. The van der Waals surface area contributed by atoms with E-state index < -0.39 is 6.10 Å². The van der Waals surface area contributed by atoms with Crippen LogP contribution in [-0.2, 0) is 28.6 Å². The van der Waals surface area contributed by atoms with Gasteiger partial charge in [-0.3, -0.25) is 14.4 Å². The first kappa shape index (κ1) is 64.6. The highest BCUT2D eigenvalue weighted by Gasteiger charge is 2.19. The Morgan fingerprint density at radius 2 is 0.537 bits per heavy atom. The minimum absolute atomic E-state index is 0.0768. The summed E-state index contributed by atoms with van der Waals surface area (Å²) in [5, 5.41) is 0. The van der Waals surface area contributed by atoms with Crippen LogP contribution in [-0.4, -0.2) is 37.2 Å². The summed E-state index contributed by atoms with van der Waals surface area (Å²) in [5.41, 5.74) is 0. The van der Waals surface area contributed by atoms with Crippen molar-refractivity contribution in [3.05, 3.63) is 36.5 Å². The summed E-state index contributed by atoms with van der Waals surface area (Å²) in [6.45, 7) is 6.64. The first-order chi connectivity index (χ1) is 33.0. The van der Waals surface area contributed by atoms with E-state index in [1.165, 1.54) is 186 Å². The molecule has 0 bridgehead atoms. The van der Waals surface area contributed by atoms with Crippen LogP contribution in [0.2, 0.25) is 0 Å². The second-order valence-electron chi connectivity index (χ2n) is 19.9. The van der Waals surface area contributed by atoms with Gasteiger partial charge >= 0.3 is 17.9 Å². The predicted octanol–water partition coefficient (Wildman–Crippen LogP) is 19.7. The van der Waals surface area contributed by atoms with Crippen molar-refractivity contribution in [3.8, 4) is 0 Å². The molecule has 1 unspecified atom stereocenters. The van der Waals surface area contributed by atoms with E-state index in [0.717, 1.165) is 89.9 Å². The molecule has 0 aliphatic rings. The van der Waals surface area contributed by atoms with Gasteiger partial charge in [-0.1, -0.05) is 256 Å². The highest BCUT2D eigenvalue weighted by atomic mass is 16.6. The molecule has 67 heavy (non-hydrogen) atoms. The van der Waals surface area contributed by atoms with Crippen molar-refractivity contribution >= 4 is 17.9 Å². The number of carbonyl (C=O) groups is 3. The Kier molecular flexibility index (Phi) is 54.2. The van der Waals surface area contributed by atoms with E-state index in [4.69, 9.17) is 14.2 Å². The molecule has 0 N–H and O–H groups in total. The molecule has 1 atom stereocenters. The van der Waals surface area contributed by atoms with Crippen LogP contribution in [0.5, 0.6) is 0 Å². The summed E-state index contributed by atoms with van der Waals surface area (Å²) in [6, 6.07) is 0. The Labute approximate surface area is 416 Å². The molecule has 0 radical (unpaired) electrons. The third-order valence-electron chi connectivity index (χ3n) is 13.1.